The fourth-order valence-corrected chi connectivity index (χ4v) is 4.21. The van der Waals surface area contributed by atoms with Crippen LogP contribution in [0.15, 0.2) is 23.9 Å². The van der Waals surface area contributed by atoms with Crippen LogP contribution in [0, 0.1) is 5.41 Å². The molecule has 3 rings (SSSR count). The van der Waals surface area contributed by atoms with Crippen molar-refractivity contribution in [1.29, 1.82) is 0 Å². The van der Waals surface area contributed by atoms with Gasteiger partial charge in [0.05, 0.1) is 32.4 Å². The summed E-state index contributed by atoms with van der Waals surface area (Å²) in [7, 11) is 3.24. The predicted octanol–water partition coefficient (Wildman–Crippen LogP) is 3.68. The Morgan fingerprint density at radius 2 is 1.94 bits per heavy atom. The molecule has 1 unspecified atom stereocenters. The molecule has 182 valence electrons. The smallest absolute Gasteiger partial charge is 0.343 e. The lowest BCUT2D eigenvalue weighted by atomic mass is 9.83. The molecule has 2 aliphatic rings. The molecule has 0 aliphatic carbocycles. The first-order valence-electron chi connectivity index (χ1n) is 11.4. The molecule has 2 atom stereocenters. The third-order valence-corrected chi connectivity index (χ3v) is 5.97. The third-order valence-electron chi connectivity index (χ3n) is 5.97. The third kappa shape index (κ3) is 5.43. The van der Waals surface area contributed by atoms with E-state index in [-0.39, 0.29) is 41.9 Å². The lowest BCUT2D eigenvalue weighted by Crippen LogP contribution is -2.48. The van der Waals surface area contributed by atoms with Gasteiger partial charge in [-0.05, 0) is 18.4 Å². The van der Waals surface area contributed by atoms with Crippen molar-refractivity contribution in [2.24, 2.45) is 5.41 Å². The monoisotopic (exact) mass is 461 g/mol. The van der Waals surface area contributed by atoms with Crippen molar-refractivity contribution in [2.45, 2.75) is 52.6 Å². The predicted molar refractivity (Wildman–Crippen MR) is 123 cm³/mol. The van der Waals surface area contributed by atoms with E-state index < -0.39 is 5.97 Å². The summed E-state index contributed by atoms with van der Waals surface area (Å²) < 4.78 is 28.0. The van der Waals surface area contributed by atoms with Crippen LogP contribution in [0.1, 0.15) is 52.1 Å². The quantitative estimate of drug-likeness (QED) is 0.329. The number of Topliss-reactive ketones (excluding diaryl/α,β-unsaturated/α-hetero) is 1. The van der Waals surface area contributed by atoms with E-state index in [1.54, 1.807) is 27.3 Å². The molecule has 0 spiro atoms. The van der Waals surface area contributed by atoms with Crippen LogP contribution in [0.3, 0.4) is 0 Å². The Morgan fingerprint density at radius 1 is 1.18 bits per heavy atom. The van der Waals surface area contributed by atoms with Crippen LogP contribution in [0.2, 0.25) is 0 Å². The van der Waals surface area contributed by atoms with Crippen LogP contribution in [-0.4, -0.2) is 63.3 Å². The molecule has 2 heterocycles. The standard InChI is InChI=1S/C25H35NO7/c1-7-31-24(28)17-14-26-18(12-19(17)27)16-11-21(30-6)22(32-10-8-9-29-5)13-20(16)33-15-23(26)25(2,3)4/h11,13-14,18,23H,7-10,12,15H2,1-6H3/t18?,23-/m0/s1. The fraction of sp³-hybridized carbons (Fsp3) is 0.600. The Morgan fingerprint density at radius 3 is 2.58 bits per heavy atom. The highest BCUT2D eigenvalue weighted by Crippen LogP contribution is 2.47. The van der Waals surface area contributed by atoms with E-state index >= 15 is 0 Å². The number of rotatable bonds is 8. The molecule has 0 N–H and O–H groups in total. The molecule has 0 saturated carbocycles. The lowest BCUT2D eigenvalue weighted by Gasteiger charge is -2.43. The number of benzene rings is 1. The van der Waals surface area contributed by atoms with Gasteiger partial charge in [0.1, 0.15) is 17.9 Å². The van der Waals surface area contributed by atoms with Gasteiger partial charge < -0.3 is 28.6 Å². The highest BCUT2D eigenvalue weighted by Gasteiger charge is 2.43. The number of hydrogen-bond donors (Lipinski definition) is 0. The van der Waals surface area contributed by atoms with E-state index in [2.05, 4.69) is 25.7 Å². The van der Waals surface area contributed by atoms with Gasteiger partial charge in [-0.15, -0.1) is 0 Å². The number of carbonyl (C=O) groups is 2. The van der Waals surface area contributed by atoms with Crippen molar-refractivity contribution in [3.05, 3.63) is 29.5 Å². The van der Waals surface area contributed by atoms with E-state index in [0.29, 0.717) is 37.1 Å². The van der Waals surface area contributed by atoms with Crippen molar-refractivity contribution < 1.29 is 33.3 Å². The summed E-state index contributed by atoms with van der Waals surface area (Å²) in [5.41, 5.74) is 0.728. The average molecular weight is 462 g/mol. The number of carbonyl (C=O) groups excluding carboxylic acids is 2. The van der Waals surface area contributed by atoms with Gasteiger partial charge in [0.2, 0.25) is 0 Å². The van der Waals surface area contributed by atoms with Gasteiger partial charge in [-0.3, -0.25) is 4.79 Å². The van der Waals surface area contributed by atoms with Crippen molar-refractivity contribution >= 4 is 11.8 Å². The summed E-state index contributed by atoms with van der Waals surface area (Å²) >= 11 is 0. The van der Waals surface area contributed by atoms with E-state index in [9.17, 15) is 9.59 Å². The molecule has 8 nitrogen and oxygen atoms in total. The zero-order valence-electron chi connectivity index (χ0n) is 20.4. The van der Waals surface area contributed by atoms with Crippen molar-refractivity contribution in [3.63, 3.8) is 0 Å². The Balaban J connectivity index is 2.04. The van der Waals surface area contributed by atoms with Gasteiger partial charge in [0.25, 0.3) is 0 Å². The molecule has 0 radical (unpaired) electrons. The number of ether oxygens (including phenoxy) is 5. The highest BCUT2D eigenvalue weighted by atomic mass is 16.5. The zero-order valence-corrected chi connectivity index (χ0v) is 20.4. The normalized spacial score (nSPS) is 20.1. The number of esters is 1. The van der Waals surface area contributed by atoms with Crippen LogP contribution in [0.5, 0.6) is 17.2 Å². The molecule has 0 aromatic heterocycles. The minimum Gasteiger partial charge on any atom is -0.493 e. The van der Waals surface area contributed by atoms with Gasteiger partial charge in [-0.25, -0.2) is 4.79 Å². The van der Waals surface area contributed by atoms with Gasteiger partial charge in [-0.1, -0.05) is 20.8 Å². The number of fused-ring (bicyclic) bond motifs is 3. The number of ketones is 1. The summed E-state index contributed by atoms with van der Waals surface area (Å²) in [5, 5.41) is 0. The van der Waals surface area contributed by atoms with Gasteiger partial charge in [0.15, 0.2) is 17.3 Å². The van der Waals surface area contributed by atoms with Gasteiger partial charge in [-0.2, -0.15) is 0 Å². The zero-order chi connectivity index (χ0) is 24.2. The molecular formula is C25H35NO7. The molecule has 1 aromatic rings. The molecule has 33 heavy (non-hydrogen) atoms. The van der Waals surface area contributed by atoms with E-state index in [1.807, 2.05) is 12.1 Å². The molecule has 8 heteroatoms. The SMILES string of the molecule is CCOC(=O)C1=CN2C(CC1=O)c1cc(OC)c(OCCCOC)cc1OC[C@H]2C(C)(C)C. The Hall–Kier alpha value is -2.74. The number of hydrogen-bond acceptors (Lipinski definition) is 8. The molecule has 1 aromatic carbocycles. The van der Waals surface area contributed by atoms with Crippen LogP contribution < -0.4 is 14.2 Å². The highest BCUT2D eigenvalue weighted by molar-refractivity contribution is 6.17. The maximum atomic E-state index is 13.0. The van der Waals surface area contributed by atoms with Crippen molar-refractivity contribution in [3.8, 4) is 17.2 Å². The number of methoxy groups -OCH3 is 2. The topological polar surface area (TPSA) is 83.5 Å². The summed E-state index contributed by atoms with van der Waals surface area (Å²) in [4.78, 5) is 27.5. The maximum absolute atomic E-state index is 13.0. The van der Waals surface area contributed by atoms with Crippen LogP contribution >= 0.6 is 0 Å². The van der Waals surface area contributed by atoms with Crippen molar-refractivity contribution in [2.75, 3.05) is 40.6 Å². The minimum absolute atomic E-state index is 0.0792. The minimum atomic E-state index is -0.587. The van der Waals surface area contributed by atoms with E-state index in [0.717, 1.165) is 12.0 Å². The second kappa shape index (κ2) is 10.5. The van der Waals surface area contributed by atoms with Crippen molar-refractivity contribution in [1.82, 2.24) is 4.90 Å². The first kappa shape index (κ1) is 24.9. The van der Waals surface area contributed by atoms with Gasteiger partial charge in [0, 0.05) is 44.4 Å². The Labute approximate surface area is 195 Å². The van der Waals surface area contributed by atoms with Crippen LogP contribution in [0.4, 0.5) is 0 Å². The van der Waals surface area contributed by atoms with E-state index in [4.69, 9.17) is 23.7 Å². The second-order valence-corrected chi connectivity index (χ2v) is 9.28. The first-order valence-corrected chi connectivity index (χ1v) is 11.4. The first-order chi connectivity index (χ1) is 15.7. The lowest BCUT2D eigenvalue weighted by molar-refractivity contribution is -0.140. The van der Waals surface area contributed by atoms with E-state index in [1.165, 1.54) is 0 Å². The van der Waals surface area contributed by atoms with Gasteiger partial charge >= 0.3 is 5.97 Å². The van der Waals surface area contributed by atoms with Crippen LogP contribution in [0.25, 0.3) is 0 Å². The maximum Gasteiger partial charge on any atom is 0.343 e. The Kier molecular flexibility index (Phi) is 7.89. The molecule has 2 aliphatic heterocycles. The largest absolute Gasteiger partial charge is 0.493 e. The number of nitrogens with zero attached hydrogens (tertiary/aromatic N) is 1. The molecule has 0 fully saturated rings. The summed E-state index contributed by atoms with van der Waals surface area (Å²) in [6, 6.07) is 3.33. The second-order valence-electron chi connectivity index (χ2n) is 9.28. The molecule has 0 amide bonds. The van der Waals surface area contributed by atoms with Crippen LogP contribution in [-0.2, 0) is 19.1 Å². The summed E-state index contributed by atoms with van der Waals surface area (Å²) in [6.07, 6.45) is 2.55. The fourth-order valence-electron chi connectivity index (χ4n) is 4.21. The Bertz CT molecular complexity index is 903. The molecule has 0 saturated heterocycles. The molecule has 0 bridgehead atoms. The summed E-state index contributed by atoms with van der Waals surface area (Å²) in [5.74, 6) is 0.972. The average Bonchev–Trinajstić information content (AvgIpc) is 2.91. The molecular weight excluding hydrogens is 426 g/mol. The summed E-state index contributed by atoms with van der Waals surface area (Å²) in [6.45, 7) is 9.77.